The molecule has 1 aliphatic heterocycles. The molecule has 2 rings (SSSR count). The molecule has 1 aromatic rings. The number of rotatable bonds is 10. The van der Waals surface area contributed by atoms with Crippen molar-refractivity contribution in [2.45, 2.75) is 24.7 Å². The van der Waals surface area contributed by atoms with Gasteiger partial charge in [0.25, 0.3) is 0 Å². The fourth-order valence-electron chi connectivity index (χ4n) is 2.75. The maximum Gasteiger partial charge on any atom is 0.246 e. The SMILES string of the molecule is CCOCCCNC(=O)Cc1ccc(OC)c(S(=O)(=O)N2CCOCC2)c1. The van der Waals surface area contributed by atoms with Crippen molar-refractivity contribution in [2.24, 2.45) is 0 Å². The van der Waals surface area contributed by atoms with Gasteiger partial charge in [0.15, 0.2) is 0 Å². The Morgan fingerprint density at radius 2 is 2.04 bits per heavy atom. The molecule has 0 bridgehead atoms. The fourth-order valence-corrected chi connectivity index (χ4v) is 4.37. The summed E-state index contributed by atoms with van der Waals surface area (Å²) in [5.41, 5.74) is 0.616. The summed E-state index contributed by atoms with van der Waals surface area (Å²) < 4.78 is 43.0. The third-order valence-electron chi connectivity index (χ3n) is 4.17. The molecule has 9 heteroatoms. The average molecular weight is 400 g/mol. The number of sulfonamides is 1. The van der Waals surface area contributed by atoms with Crippen LogP contribution in [0.5, 0.6) is 5.75 Å². The van der Waals surface area contributed by atoms with Gasteiger partial charge in [-0.15, -0.1) is 0 Å². The monoisotopic (exact) mass is 400 g/mol. The van der Waals surface area contributed by atoms with Crippen LogP contribution in [-0.2, 0) is 30.7 Å². The number of nitrogens with zero attached hydrogens (tertiary/aromatic N) is 1. The van der Waals surface area contributed by atoms with Crippen LogP contribution in [0.3, 0.4) is 0 Å². The van der Waals surface area contributed by atoms with Crippen LogP contribution in [0, 0.1) is 0 Å². The van der Waals surface area contributed by atoms with Gasteiger partial charge in [-0.2, -0.15) is 4.31 Å². The van der Waals surface area contributed by atoms with Gasteiger partial charge in [0, 0.05) is 32.8 Å². The van der Waals surface area contributed by atoms with Crippen LogP contribution in [0.4, 0.5) is 0 Å². The van der Waals surface area contributed by atoms with Crippen LogP contribution in [0.1, 0.15) is 18.9 Å². The van der Waals surface area contributed by atoms with Crippen LogP contribution >= 0.6 is 0 Å². The van der Waals surface area contributed by atoms with E-state index in [4.69, 9.17) is 14.2 Å². The van der Waals surface area contributed by atoms with Gasteiger partial charge in [-0.05, 0) is 31.0 Å². The Morgan fingerprint density at radius 3 is 2.70 bits per heavy atom. The van der Waals surface area contributed by atoms with E-state index in [1.54, 1.807) is 12.1 Å². The van der Waals surface area contributed by atoms with Crippen molar-refractivity contribution in [3.05, 3.63) is 23.8 Å². The molecular weight excluding hydrogens is 372 g/mol. The molecule has 152 valence electrons. The number of amides is 1. The number of methoxy groups -OCH3 is 1. The smallest absolute Gasteiger partial charge is 0.246 e. The van der Waals surface area contributed by atoms with E-state index in [2.05, 4.69) is 5.32 Å². The molecule has 8 nitrogen and oxygen atoms in total. The number of hydrogen-bond donors (Lipinski definition) is 1. The molecule has 1 aromatic carbocycles. The van der Waals surface area contributed by atoms with E-state index in [1.165, 1.54) is 17.5 Å². The third kappa shape index (κ3) is 6.17. The van der Waals surface area contributed by atoms with Gasteiger partial charge in [0.2, 0.25) is 15.9 Å². The first-order chi connectivity index (χ1) is 13.0. The van der Waals surface area contributed by atoms with E-state index in [1.807, 2.05) is 6.92 Å². The summed E-state index contributed by atoms with van der Waals surface area (Å²) >= 11 is 0. The second kappa shape index (κ2) is 10.6. The molecule has 1 N–H and O–H groups in total. The second-order valence-electron chi connectivity index (χ2n) is 6.08. The maximum atomic E-state index is 13.0. The highest BCUT2D eigenvalue weighted by atomic mass is 32.2. The van der Waals surface area contributed by atoms with Crippen LogP contribution in [0.15, 0.2) is 23.1 Å². The van der Waals surface area contributed by atoms with Crippen molar-refractivity contribution in [3.63, 3.8) is 0 Å². The molecule has 27 heavy (non-hydrogen) atoms. The highest BCUT2D eigenvalue weighted by Crippen LogP contribution is 2.28. The molecule has 1 heterocycles. The lowest BCUT2D eigenvalue weighted by molar-refractivity contribution is -0.120. The Morgan fingerprint density at radius 1 is 1.30 bits per heavy atom. The Labute approximate surface area is 160 Å². The molecule has 1 aliphatic rings. The number of ether oxygens (including phenoxy) is 3. The minimum absolute atomic E-state index is 0.0774. The van der Waals surface area contributed by atoms with E-state index < -0.39 is 10.0 Å². The second-order valence-corrected chi connectivity index (χ2v) is 7.99. The highest BCUT2D eigenvalue weighted by molar-refractivity contribution is 7.89. The van der Waals surface area contributed by atoms with E-state index in [0.717, 1.165) is 6.42 Å². The Kier molecular flexibility index (Phi) is 8.49. The molecule has 0 atom stereocenters. The Bertz CT molecular complexity index is 717. The van der Waals surface area contributed by atoms with Crippen LogP contribution in [-0.4, -0.2) is 71.8 Å². The number of hydrogen-bond acceptors (Lipinski definition) is 6. The maximum absolute atomic E-state index is 13.0. The fraction of sp³-hybridized carbons (Fsp3) is 0.611. The summed E-state index contributed by atoms with van der Waals surface area (Å²) in [6.45, 7) is 5.03. The Balaban J connectivity index is 2.07. The number of carbonyl (C=O) groups is 1. The molecule has 1 saturated heterocycles. The summed E-state index contributed by atoms with van der Waals surface area (Å²) in [5.74, 6) is 0.105. The number of benzene rings is 1. The summed E-state index contributed by atoms with van der Waals surface area (Å²) in [6, 6.07) is 4.81. The zero-order chi connectivity index (χ0) is 19.7. The summed E-state index contributed by atoms with van der Waals surface area (Å²) in [7, 11) is -2.28. The van der Waals surface area contributed by atoms with Crippen molar-refractivity contribution in [2.75, 3.05) is 53.2 Å². The molecule has 0 saturated carbocycles. The zero-order valence-electron chi connectivity index (χ0n) is 15.9. The van der Waals surface area contributed by atoms with E-state index >= 15 is 0 Å². The van der Waals surface area contributed by atoms with Crippen LogP contribution in [0.25, 0.3) is 0 Å². The lowest BCUT2D eigenvalue weighted by atomic mass is 10.1. The minimum Gasteiger partial charge on any atom is -0.495 e. The molecular formula is C18H28N2O6S. The number of carbonyl (C=O) groups excluding carboxylic acids is 1. The number of morpholine rings is 1. The molecule has 1 amide bonds. The largest absolute Gasteiger partial charge is 0.495 e. The first kappa shape index (κ1) is 21.6. The zero-order valence-corrected chi connectivity index (χ0v) is 16.7. The van der Waals surface area contributed by atoms with Gasteiger partial charge in [-0.3, -0.25) is 4.79 Å². The van der Waals surface area contributed by atoms with Crippen molar-refractivity contribution >= 4 is 15.9 Å². The van der Waals surface area contributed by atoms with Gasteiger partial charge in [-0.1, -0.05) is 6.07 Å². The van der Waals surface area contributed by atoms with Crippen LogP contribution in [0.2, 0.25) is 0 Å². The first-order valence-corrected chi connectivity index (χ1v) is 10.5. The third-order valence-corrected chi connectivity index (χ3v) is 6.09. The molecule has 0 aromatic heterocycles. The van der Waals surface area contributed by atoms with E-state index in [-0.39, 0.29) is 23.0 Å². The summed E-state index contributed by atoms with van der Waals surface area (Å²) in [5, 5.41) is 2.81. The quantitative estimate of drug-likeness (QED) is 0.584. The molecule has 0 radical (unpaired) electrons. The topological polar surface area (TPSA) is 94.2 Å². The standard InChI is InChI=1S/C18H28N2O6S/c1-3-25-10-4-7-19-18(21)14-15-5-6-16(24-2)17(13-15)27(22,23)20-8-11-26-12-9-20/h5-6,13H,3-4,7-12,14H2,1-2H3,(H,19,21). The van der Waals surface area contributed by atoms with Gasteiger partial charge < -0.3 is 19.5 Å². The van der Waals surface area contributed by atoms with Gasteiger partial charge in [0.1, 0.15) is 10.6 Å². The van der Waals surface area contributed by atoms with E-state index in [9.17, 15) is 13.2 Å². The van der Waals surface area contributed by atoms with Crippen molar-refractivity contribution < 1.29 is 27.4 Å². The number of nitrogens with one attached hydrogen (secondary N) is 1. The van der Waals surface area contributed by atoms with Gasteiger partial charge >= 0.3 is 0 Å². The van der Waals surface area contributed by atoms with E-state index in [0.29, 0.717) is 51.6 Å². The normalized spacial score (nSPS) is 15.5. The summed E-state index contributed by atoms with van der Waals surface area (Å²) in [4.78, 5) is 12.2. The Hall–Kier alpha value is -1.68. The lowest BCUT2D eigenvalue weighted by Gasteiger charge is -2.26. The molecule has 0 aliphatic carbocycles. The predicted molar refractivity (Wildman–Crippen MR) is 100 cm³/mol. The summed E-state index contributed by atoms with van der Waals surface area (Å²) in [6.07, 6.45) is 0.836. The molecule has 0 unspecified atom stereocenters. The lowest BCUT2D eigenvalue weighted by Crippen LogP contribution is -2.40. The van der Waals surface area contributed by atoms with Crippen molar-refractivity contribution in [3.8, 4) is 5.75 Å². The minimum atomic E-state index is -3.71. The van der Waals surface area contributed by atoms with Crippen molar-refractivity contribution in [1.82, 2.24) is 9.62 Å². The van der Waals surface area contributed by atoms with Gasteiger partial charge in [0.05, 0.1) is 26.7 Å². The average Bonchev–Trinajstić information content (AvgIpc) is 2.68. The highest BCUT2D eigenvalue weighted by Gasteiger charge is 2.29. The predicted octanol–water partition coefficient (Wildman–Crippen LogP) is 0.801. The van der Waals surface area contributed by atoms with Crippen LogP contribution < -0.4 is 10.1 Å². The van der Waals surface area contributed by atoms with Crippen molar-refractivity contribution in [1.29, 1.82) is 0 Å². The molecule has 0 spiro atoms. The molecule has 1 fully saturated rings. The van der Waals surface area contributed by atoms with Gasteiger partial charge in [-0.25, -0.2) is 8.42 Å². The first-order valence-electron chi connectivity index (χ1n) is 9.08.